The Kier molecular flexibility index (Phi) is 3.64. The van der Waals surface area contributed by atoms with Crippen LogP contribution in [-0.4, -0.2) is 21.6 Å². The number of fused-ring (bicyclic) bond motifs is 1. The maximum Gasteiger partial charge on any atom is 0.323 e. The summed E-state index contributed by atoms with van der Waals surface area (Å²) in [6.45, 7) is 1.96. The van der Waals surface area contributed by atoms with E-state index in [0.29, 0.717) is 0 Å². The van der Waals surface area contributed by atoms with Crippen LogP contribution in [0.3, 0.4) is 0 Å². The molecule has 0 saturated heterocycles. The number of hydrogen-bond donors (Lipinski definition) is 2. The van der Waals surface area contributed by atoms with E-state index < -0.39 is 5.97 Å². The number of nitrogens with one attached hydrogen (secondary N) is 1. The van der Waals surface area contributed by atoms with Gasteiger partial charge in [0, 0.05) is 28.2 Å². The molecule has 0 bridgehead atoms. The molecule has 1 aromatic heterocycles. The van der Waals surface area contributed by atoms with Crippen LogP contribution in [0.5, 0.6) is 0 Å². The van der Waals surface area contributed by atoms with Gasteiger partial charge in [0.05, 0.1) is 0 Å². The number of amides is 1. The van der Waals surface area contributed by atoms with E-state index in [-0.39, 0.29) is 17.9 Å². The van der Waals surface area contributed by atoms with Crippen molar-refractivity contribution in [2.75, 3.05) is 5.32 Å². The average Bonchev–Trinajstić information content (AvgIpc) is 3.06. The highest BCUT2D eigenvalue weighted by molar-refractivity contribution is 5.97. The molecule has 3 rings (SSSR count). The van der Waals surface area contributed by atoms with Gasteiger partial charge in [-0.25, -0.2) is 0 Å². The molecule has 5 heteroatoms. The van der Waals surface area contributed by atoms with Crippen molar-refractivity contribution in [3.8, 4) is 0 Å². The van der Waals surface area contributed by atoms with E-state index in [0.717, 1.165) is 42.3 Å². The van der Waals surface area contributed by atoms with Gasteiger partial charge in [-0.2, -0.15) is 0 Å². The quantitative estimate of drug-likeness (QED) is 0.910. The first kappa shape index (κ1) is 14.6. The molecule has 0 unspecified atom stereocenters. The van der Waals surface area contributed by atoms with Crippen molar-refractivity contribution in [1.82, 2.24) is 4.57 Å². The summed E-state index contributed by atoms with van der Waals surface area (Å²) in [5.41, 5.74) is 1.36. The summed E-state index contributed by atoms with van der Waals surface area (Å²) in [6, 6.07) is 7.44. The summed E-state index contributed by atoms with van der Waals surface area (Å²) in [6.07, 6.45) is 5.86. The van der Waals surface area contributed by atoms with Crippen molar-refractivity contribution in [3.63, 3.8) is 0 Å². The predicted molar refractivity (Wildman–Crippen MR) is 84.8 cm³/mol. The largest absolute Gasteiger partial charge is 0.480 e. The van der Waals surface area contributed by atoms with Crippen LogP contribution in [-0.2, 0) is 16.1 Å². The minimum absolute atomic E-state index is 0.0622. The zero-order chi connectivity index (χ0) is 15.7. The number of carboxylic acid groups (broad SMARTS) is 1. The monoisotopic (exact) mass is 300 g/mol. The van der Waals surface area contributed by atoms with Crippen molar-refractivity contribution in [2.24, 2.45) is 5.41 Å². The molecule has 2 N–H and O–H groups in total. The van der Waals surface area contributed by atoms with Gasteiger partial charge in [0.25, 0.3) is 0 Å². The summed E-state index contributed by atoms with van der Waals surface area (Å²) in [4.78, 5) is 23.3. The van der Waals surface area contributed by atoms with Crippen LogP contribution in [0.1, 0.15) is 32.6 Å². The minimum atomic E-state index is -0.871. The molecule has 1 aliphatic rings. The van der Waals surface area contributed by atoms with E-state index in [4.69, 9.17) is 5.11 Å². The Morgan fingerprint density at radius 2 is 2.00 bits per heavy atom. The van der Waals surface area contributed by atoms with Crippen LogP contribution in [0.15, 0.2) is 30.5 Å². The number of carboxylic acids is 1. The fourth-order valence-corrected chi connectivity index (χ4v) is 3.23. The van der Waals surface area contributed by atoms with Crippen molar-refractivity contribution < 1.29 is 14.7 Å². The second-order valence-corrected chi connectivity index (χ2v) is 6.33. The Balaban J connectivity index is 1.81. The first-order valence-corrected chi connectivity index (χ1v) is 7.60. The van der Waals surface area contributed by atoms with Crippen LogP contribution < -0.4 is 5.32 Å². The Hall–Kier alpha value is -2.30. The van der Waals surface area contributed by atoms with Gasteiger partial charge < -0.3 is 15.0 Å². The van der Waals surface area contributed by atoms with Crippen molar-refractivity contribution in [1.29, 1.82) is 0 Å². The zero-order valence-corrected chi connectivity index (χ0v) is 12.6. The van der Waals surface area contributed by atoms with E-state index >= 15 is 0 Å². The first-order chi connectivity index (χ1) is 10.5. The predicted octanol–water partition coefficient (Wildman–Crippen LogP) is 3.24. The lowest BCUT2D eigenvalue weighted by Crippen LogP contribution is -2.30. The molecule has 5 nitrogen and oxygen atoms in total. The Morgan fingerprint density at radius 1 is 1.27 bits per heavy atom. The maximum atomic E-state index is 12.4. The lowest BCUT2D eigenvalue weighted by atomic mass is 9.88. The van der Waals surface area contributed by atoms with Crippen molar-refractivity contribution >= 4 is 28.5 Å². The van der Waals surface area contributed by atoms with Gasteiger partial charge in [-0.15, -0.1) is 0 Å². The highest BCUT2D eigenvalue weighted by atomic mass is 16.4. The molecule has 1 fully saturated rings. The Morgan fingerprint density at radius 3 is 2.68 bits per heavy atom. The topological polar surface area (TPSA) is 71.3 Å². The fraction of sp³-hybridized carbons (Fsp3) is 0.412. The smallest absolute Gasteiger partial charge is 0.323 e. The summed E-state index contributed by atoms with van der Waals surface area (Å²) < 4.78 is 1.68. The standard InChI is InChI=1S/C17H20N2O3/c1-17(7-2-3-8-17)16(22)18-13-4-5-14-12(10-13)6-9-19(14)11-15(20)21/h4-6,9-10H,2-3,7-8,11H2,1H3,(H,18,22)(H,20,21). The number of rotatable bonds is 4. The molecule has 22 heavy (non-hydrogen) atoms. The van der Waals surface area contributed by atoms with Gasteiger partial charge in [-0.05, 0) is 37.1 Å². The van der Waals surface area contributed by atoms with Crippen LogP contribution >= 0.6 is 0 Å². The third kappa shape index (κ3) is 2.71. The van der Waals surface area contributed by atoms with Gasteiger partial charge >= 0.3 is 5.97 Å². The van der Waals surface area contributed by atoms with Crippen molar-refractivity contribution in [2.45, 2.75) is 39.2 Å². The molecule has 1 aliphatic carbocycles. The highest BCUT2D eigenvalue weighted by Gasteiger charge is 2.36. The van der Waals surface area contributed by atoms with E-state index in [1.807, 2.05) is 31.2 Å². The molecule has 0 atom stereocenters. The molecule has 1 aromatic carbocycles. The molecule has 0 spiro atoms. The van der Waals surface area contributed by atoms with E-state index in [1.165, 1.54) is 0 Å². The highest BCUT2D eigenvalue weighted by Crippen LogP contribution is 2.38. The molecule has 116 valence electrons. The lowest BCUT2D eigenvalue weighted by Gasteiger charge is -2.22. The zero-order valence-electron chi connectivity index (χ0n) is 12.6. The molecular weight excluding hydrogens is 280 g/mol. The van der Waals surface area contributed by atoms with Crippen LogP contribution in [0, 0.1) is 5.41 Å². The second-order valence-electron chi connectivity index (χ2n) is 6.33. The molecule has 0 radical (unpaired) electrons. The van der Waals surface area contributed by atoms with Gasteiger partial charge in [0.2, 0.25) is 5.91 Å². The Labute approximate surface area is 128 Å². The number of carbonyl (C=O) groups is 2. The molecule has 1 saturated carbocycles. The second kappa shape index (κ2) is 5.48. The number of aliphatic carboxylic acids is 1. The first-order valence-electron chi connectivity index (χ1n) is 7.60. The summed E-state index contributed by atoms with van der Waals surface area (Å²) in [5, 5.41) is 12.8. The maximum absolute atomic E-state index is 12.4. The van der Waals surface area contributed by atoms with Crippen LogP contribution in [0.2, 0.25) is 0 Å². The number of carbonyl (C=O) groups excluding carboxylic acids is 1. The number of anilines is 1. The van der Waals surface area contributed by atoms with Crippen LogP contribution in [0.25, 0.3) is 10.9 Å². The molecule has 2 aromatic rings. The molecule has 0 aliphatic heterocycles. The van der Waals surface area contributed by atoms with E-state index in [1.54, 1.807) is 10.8 Å². The van der Waals surface area contributed by atoms with Gasteiger partial charge in [-0.3, -0.25) is 9.59 Å². The van der Waals surface area contributed by atoms with Crippen LogP contribution in [0.4, 0.5) is 5.69 Å². The fourth-order valence-electron chi connectivity index (χ4n) is 3.23. The lowest BCUT2D eigenvalue weighted by molar-refractivity contribution is -0.137. The number of nitrogens with zero attached hydrogens (tertiary/aromatic N) is 1. The number of benzene rings is 1. The third-order valence-electron chi connectivity index (χ3n) is 4.59. The SMILES string of the molecule is CC1(C(=O)Nc2ccc3c(ccn3CC(=O)O)c2)CCCC1. The van der Waals surface area contributed by atoms with Gasteiger partial charge in [0.1, 0.15) is 6.54 Å². The molecular formula is C17H20N2O3. The Bertz CT molecular complexity index is 727. The van der Waals surface area contributed by atoms with E-state index in [9.17, 15) is 9.59 Å². The van der Waals surface area contributed by atoms with Gasteiger partial charge in [-0.1, -0.05) is 19.8 Å². The molecule has 1 amide bonds. The van der Waals surface area contributed by atoms with E-state index in [2.05, 4.69) is 5.32 Å². The summed E-state index contributed by atoms with van der Waals surface area (Å²) in [5.74, 6) is -0.793. The van der Waals surface area contributed by atoms with Crippen molar-refractivity contribution in [3.05, 3.63) is 30.5 Å². The van der Waals surface area contributed by atoms with Gasteiger partial charge in [0.15, 0.2) is 0 Å². The number of aromatic nitrogens is 1. The number of hydrogen-bond acceptors (Lipinski definition) is 2. The molecule has 1 heterocycles. The summed E-state index contributed by atoms with van der Waals surface area (Å²) in [7, 11) is 0. The summed E-state index contributed by atoms with van der Waals surface area (Å²) >= 11 is 0. The normalized spacial score (nSPS) is 16.8. The average molecular weight is 300 g/mol. The third-order valence-corrected chi connectivity index (χ3v) is 4.59. The minimum Gasteiger partial charge on any atom is -0.480 e.